The lowest BCUT2D eigenvalue weighted by atomic mass is 9.94. The van der Waals surface area contributed by atoms with Crippen molar-refractivity contribution in [2.24, 2.45) is 7.05 Å². The Morgan fingerprint density at radius 2 is 1.43 bits per heavy atom. The van der Waals surface area contributed by atoms with E-state index < -0.39 is 5.97 Å². The highest BCUT2D eigenvalue weighted by atomic mass is 16.5. The third-order valence-electron chi connectivity index (χ3n) is 6.80. The molecule has 1 heterocycles. The Labute approximate surface area is 203 Å². The van der Waals surface area contributed by atoms with Crippen molar-refractivity contribution in [2.75, 3.05) is 6.61 Å². The van der Waals surface area contributed by atoms with Crippen LogP contribution in [0.3, 0.4) is 0 Å². The molecule has 0 fully saturated rings. The van der Waals surface area contributed by atoms with E-state index in [0.29, 0.717) is 11.1 Å². The Morgan fingerprint density at radius 3 is 2.23 bits per heavy atom. The van der Waals surface area contributed by atoms with Gasteiger partial charge in [0.15, 0.2) is 0 Å². The number of benzene rings is 4. The standard InChI is InChI=1S/C31H23NO3/c1-3-35-31(34)29-28(19-9-5-4-6-10-19)23-15-13-20(18-25(23)30(29)33)21-14-16-27-24(17-21)22-11-7-8-12-26(22)32(27)2/h4-18H,3H2,1-2H3. The number of hydrogen-bond acceptors (Lipinski definition) is 3. The van der Waals surface area contributed by atoms with Crippen LogP contribution in [0, 0.1) is 0 Å². The van der Waals surface area contributed by atoms with Crippen molar-refractivity contribution in [3.05, 3.63) is 113 Å². The summed E-state index contributed by atoms with van der Waals surface area (Å²) in [5.74, 6) is -0.864. The smallest absolute Gasteiger partial charge is 0.342 e. The monoisotopic (exact) mass is 457 g/mol. The van der Waals surface area contributed by atoms with Crippen LogP contribution in [0.25, 0.3) is 38.5 Å². The molecular weight excluding hydrogens is 434 g/mol. The van der Waals surface area contributed by atoms with Gasteiger partial charge in [0.2, 0.25) is 5.78 Å². The molecule has 0 N–H and O–H groups in total. The summed E-state index contributed by atoms with van der Waals surface area (Å²) in [6.07, 6.45) is 0. The maximum atomic E-state index is 13.5. The molecule has 0 radical (unpaired) electrons. The third-order valence-corrected chi connectivity index (χ3v) is 6.80. The summed E-state index contributed by atoms with van der Waals surface area (Å²) in [7, 11) is 2.08. The summed E-state index contributed by atoms with van der Waals surface area (Å²) in [5, 5.41) is 2.37. The molecule has 4 heteroatoms. The van der Waals surface area contributed by atoms with Crippen molar-refractivity contribution in [3.63, 3.8) is 0 Å². The molecule has 0 spiro atoms. The first kappa shape index (κ1) is 21.1. The molecule has 0 unspecified atom stereocenters. The molecule has 35 heavy (non-hydrogen) atoms. The van der Waals surface area contributed by atoms with Gasteiger partial charge in [-0.25, -0.2) is 4.79 Å². The van der Waals surface area contributed by atoms with E-state index in [1.54, 1.807) is 6.92 Å². The van der Waals surface area contributed by atoms with E-state index in [9.17, 15) is 9.59 Å². The van der Waals surface area contributed by atoms with Crippen molar-refractivity contribution < 1.29 is 14.3 Å². The van der Waals surface area contributed by atoms with Gasteiger partial charge in [-0.15, -0.1) is 0 Å². The first-order chi connectivity index (χ1) is 17.1. The van der Waals surface area contributed by atoms with Gasteiger partial charge in [0.05, 0.1) is 6.61 Å². The number of carbonyl (C=O) groups excluding carboxylic acids is 2. The predicted octanol–water partition coefficient (Wildman–Crippen LogP) is 6.56. The predicted molar refractivity (Wildman–Crippen MR) is 139 cm³/mol. The molecule has 1 aliphatic rings. The average Bonchev–Trinajstić information content (AvgIpc) is 3.35. The molecule has 0 atom stereocenters. The van der Waals surface area contributed by atoms with Crippen molar-refractivity contribution in [1.82, 2.24) is 4.57 Å². The number of para-hydroxylation sites is 1. The van der Waals surface area contributed by atoms with Crippen LogP contribution in [0.5, 0.6) is 0 Å². The largest absolute Gasteiger partial charge is 0.462 e. The van der Waals surface area contributed by atoms with Gasteiger partial charge < -0.3 is 9.30 Å². The minimum absolute atomic E-state index is 0.106. The zero-order valence-corrected chi connectivity index (χ0v) is 19.5. The maximum absolute atomic E-state index is 13.5. The van der Waals surface area contributed by atoms with Crippen molar-refractivity contribution in [3.8, 4) is 11.1 Å². The molecule has 0 aliphatic heterocycles. The number of carbonyl (C=O) groups is 2. The van der Waals surface area contributed by atoms with E-state index in [0.717, 1.165) is 27.8 Å². The normalized spacial score (nSPS) is 13.0. The Kier molecular flexibility index (Phi) is 4.89. The number of esters is 1. The first-order valence-electron chi connectivity index (χ1n) is 11.7. The number of ketones is 1. The van der Waals surface area contributed by atoms with E-state index in [4.69, 9.17) is 4.74 Å². The van der Waals surface area contributed by atoms with Crippen molar-refractivity contribution in [2.45, 2.75) is 6.92 Å². The van der Waals surface area contributed by atoms with Gasteiger partial charge in [0.1, 0.15) is 5.57 Å². The zero-order chi connectivity index (χ0) is 24.1. The lowest BCUT2D eigenvalue weighted by molar-refractivity contribution is -0.137. The summed E-state index contributed by atoms with van der Waals surface area (Å²) < 4.78 is 7.46. The second kappa shape index (κ2) is 8.10. The van der Waals surface area contributed by atoms with Gasteiger partial charge in [0, 0.05) is 40.0 Å². The number of aromatic nitrogens is 1. The lowest BCUT2D eigenvalue weighted by Gasteiger charge is -2.09. The molecule has 4 nitrogen and oxygen atoms in total. The molecule has 4 aromatic carbocycles. The third kappa shape index (κ3) is 3.22. The van der Waals surface area contributed by atoms with Crippen LogP contribution in [0.15, 0.2) is 96.6 Å². The molecule has 6 rings (SSSR count). The van der Waals surface area contributed by atoms with E-state index >= 15 is 0 Å². The molecule has 5 aromatic rings. The first-order valence-corrected chi connectivity index (χ1v) is 11.7. The van der Waals surface area contributed by atoms with Crippen LogP contribution < -0.4 is 0 Å². The molecule has 0 bridgehead atoms. The topological polar surface area (TPSA) is 48.3 Å². The molecule has 0 saturated heterocycles. The summed E-state index contributed by atoms with van der Waals surface area (Å²) in [6.45, 7) is 1.96. The van der Waals surface area contributed by atoms with Crippen LogP contribution in [0.4, 0.5) is 0 Å². The van der Waals surface area contributed by atoms with E-state index in [-0.39, 0.29) is 18.0 Å². The van der Waals surface area contributed by atoms with Crippen molar-refractivity contribution in [1.29, 1.82) is 0 Å². The van der Waals surface area contributed by atoms with Crippen LogP contribution in [0.2, 0.25) is 0 Å². The van der Waals surface area contributed by atoms with Gasteiger partial charge in [-0.2, -0.15) is 0 Å². The van der Waals surface area contributed by atoms with Crippen LogP contribution in [0.1, 0.15) is 28.4 Å². The SMILES string of the molecule is CCOC(=O)C1=C(c2ccccc2)c2ccc(-c3ccc4c(c3)c3ccccc3n4C)cc2C1=O. The number of ether oxygens (including phenoxy) is 1. The highest BCUT2D eigenvalue weighted by molar-refractivity contribution is 6.35. The van der Waals surface area contributed by atoms with Crippen LogP contribution >= 0.6 is 0 Å². The minimum Gasteiger partial charge on any atom is -0.462 e. The summed E-state index contributed by atoms with van der Waals surface area (Å²) in [6, 6.07) is 30.2. The molecule has 170 valence electrons. The van der Waals surface area contributed by atoms with E-state index in [2.05, 4.69) is 48.0 Å². The van der Waals surface area contributed by atoms with E-state index in [1.807, 2.05) is 54.6 Å². The molecule has 0 saturated carbocycles. The Hall–Kier alpha value is -4.44. The minimum atomic E-state index is -0.578. The fourth-order valence-electron chi connectivity index (χ4n) is 5.16. The van der Waals surface area contributed by atoms with Crippen LogP contribution in [-0.2, 0) is 16.6 Å². The molecule has 0 amide bonds. The fraction of sp³-hybridized carbons (Fsp3) is 0.0968. The summed E-state index contributed by atoms with van der Waals surface area (Å²) in [5.41, 5.74) is 7.16. The number of fused-ring (bicyclic) bond motifs is 4. The molecule has 1 aromatic heterocycles. The maximum Gasteiger partial charge on any atom is 0.342 e. The van der Waals surface area contributed by atoms with Gasteiger partial charge in [-0.1, -0.05) is 66.7 Å². The quantitative estimate of drug-likeness (QED) is 0.227. The fourth-order valence-corrected chi connectivity index (χ4v) is 5.16. The highest BCUT2D eigenvalue weighted by Gasteiger charge is 2.35. The summed E-state index contributed by atoms with van der Waals surface area (Å²) >= 11 is 0. The van der Waals surface area contributed by atoms with Crippen LogP contribution in [-0.4, -0.2) is 22.9 Å². The van der Waals surface area contributed by atoms with Gasteiger partial charge >= 0.3 is 5.97 Å². The second-order valence-electron chi connectivity index (χ2n) is 8.73. The van der Waals surface area contributed by atoms with Gasteiger partial charge in [-0.3, -0.25) is 4.79 Å². The Balaban J connectivity index is 1.50. The van der Waals surface area contributed by atoms with Gasteiger partial charge in [-0.05, 0) is 53.4 Å². The van der Waals surface area contributed by atoms with E-state index in [1.165, 1.54) is 16.3 Å². The molecular formula is C31H23NO3. The van der Waals surface area contributed by atoms with Crippen molar-refractivity contribution >= 4 is 39.1 Å². The Morgan fingerprint density at radius 1 is 0.743 bits per heavy atom. The number of Topliss-reactive ketones (excluding diaryl/α,β-unsaturated/α-hetero) is 1. The number of nitrogens with zero attached hydrogens (tertiary/aromatic N) is 1. The lowest BCUT2D eigenvalue weighted by Crippen LogP contribution is -2.14. The zero-order valence-electron chi connectivity index (χ0n) is 19.5. The number of hydrogen-bond donors (Lipinski definition) is 0. The average molecular weight is 458 g/mol. The van der Waals surface area contributed by atoms with Gasteiger partial charge in [0.25, 0.3) is 0 Å². The molecule has 1 aliphatic carbocycles. The summed E-state index contributed by atoms with van der Waals surface area (Å²) in [4.78, 5) is 26.3. The number of rotatable bonds is 4. The Bertz CT molecular complexity index is 1690. The number of aryl methyl sites for hydroxylation is 1. The second-order valence-corrected chi connectivity index (χ2v) is 8.73. The highest BCUT2D eigenvalue weighted by Crippen LogP contribution is 2.40.